The second kappa shape index (κ2) is 7.11. The average Bonchev–Trinajstić information content (AvgIpc) is 2.35. The van der Waals surface area contributed by atoms with Crippen LogP contribution in [0.4, 0.5) is 0 Å². The highest BCUT2D eigenvalue weighted by atomic mass is 79.9. The molecule has 1 aromatic carbocycles. The molecule has 0 radical (unpaired) electrons. The molecule has 0 aliphatic carbocycles. The number of ether oxygens (including phenoxy) is 1. The zero-order valence-corrected chi connectivity index (χ0v) is 14.7. The Labute approximate surface area is 133 Å². The van der Waals surface area contributed by atoms with E-state index in [0.29, 0.717) is 23.6 Å². The van der Waals surface area contributed by atoms with Crippen LogP contribution in [0.1, 0.15) is 26.7 Å². The molecule has 0 unspecified atom stereocenters. The highest BCUT2D eigenvalue weighted by Gasteiger charge is 2.32. The van der Waals surface area contributed by atoms with Gasteiger partial charge in [-0.15, -0.1) is 0 Å². The zero-order chi connectivity index (χ0) is 15.4. The number of nitrogens with two attached hydrogens (primary N) is 1. The number of hydrogen-bond donors (Lipinski definition) is 1. The summed E-state index contributed by atoms with van der Waals surface area (Å²) in [7, 11) is -3.54. The van der Waals surface area contributed by atoms with E-state index in [1.54, 1.807) is 18.2 Å². The SMILES string of the molecule is CCC(CC)(COc1ccc(Cl)cc1Br)CS(N)(=O)=O. The van der Waals surface area contributed by atoms with E-state index in [9.17, 15) is 8.42 Å². The van der Waals surface area contributed by atoms with Crippen LogP contribution >= 0.6 is 27.5 Å². The molecular formula is C13H19BrClNO3S. The van der Waals surface area contributed by atoms with Gasteiger partial charge in [0.25, 0.3) is 0 Å². The van der Waals surface area contributed by atoms with Crippen LogP contribution in [0, 0.1) is 5.41 Å². The Morgan fingerprint density at radius 1 is 1.35 bits per heavy atom. The molecule has 0 spiro atoms. The van der Waals surface area contributed by atoms with Crippen LogP contribution in [-0.2, 0) is 10.0 Å². The molecule has 0 saturated carbocycles. The van der Waals surface area contributed by atoms with Gasteiger partial charge in [-0.2, -0.15) is 0 Å². The Morgan fingerprint density at radius 2 is 1.95 bits per heavy atom. The van der Waals surface area contributed by atoms with Gasteiger partial charge in [0, 0.05) is 10.4 Å². The number of benzene rings is 1. The summed E-state index contributed by atoms with van der Waals surface area (Å²) < 4.78 is 29.3. The van der Waals surface area contributed by atoms with Crippen molar-refractivity contribution in [3.63, 3.8) is 0 Å². The maximum absolute atomic E-state index is 11.4. The standard InChI is InChI=1S/C13H19BrClNO3S/c1-3-13(4-2,9-20(16,17)18)8-19-12-6-5-10(15)7-11(12)14/h5-7H,3-4,8-9H2,1-2H3,(H2,16,17,18). The van der Waals surface area contributed by atoms with E-state index in [4.69, 9.17) is 21.5 Å². The molecule has 0 aromatic heterocycles. The molecule has 0 aliphatic heterocycles. The molecule has 7 heteroatoms. The molecule has 0 amide bonds. The molecule has 0 aliphatic rings. The van der Waals surface area contributed by atoms with Crippen molar-refractivity contribution in [2.24, 2.45) is 10.6 Å². The number of rotatable bonds is 7. The molecule has 1 rings (SSSR count). The van der Waals surface area contributed by atoms with Gasteiger partial charge in [-0.3, -0.25) is 0 Å². The summed E-state index contributed by atoms with van der Waals surface area (Å²) in [4.78, 5) is 0. The first-order valence-corrected chi connectivity index (χ1v) is 9.18. The molecule has 20 heavy (non-hydrogen) atoms. The van der Waals surface area contributed by atoms with Gasteiger partial charge in [-0.25, -0.2) is 13.6 Å². The summed E-state index contributed by atoms with van der Waals surface area (Å²) in [6.45, 7) is 4.17. The Bertz CT molecular complexity index is 559. The molecule has 0 atom stereocenters. The first kappa shape index (κ1) is 17.8. The van der Waals surface area contributed by atoms with Crippen molar-refractivity contribution in [2.75, 3.05) is 12.4 Å². The number of hydrogen-bond acceptors (Lipinski definition) is 3. The summed E-state index contributed by atoms with van der Waals surface area (Å²) in [5.41, 5.74) is -0.480. The number of halogens is 2. The van der Waals surface area contributed by atoms with E-state index >= 15 is 0 Å². The van der Waals surface area contributed by atoms with Crippen LogP contribution in [-0.4, -0.2) is 20.8 Å². The van der Waals surface area contributed by atoms with Crippen LogP contribution in [0.5, 0.6) is 5.75 Å². The Balaban J connectivity index is 2.86. The van der Waals surface area contributed by atoms with Crippen molar-refractivity contribution in [3.05, 3.63) is 27.7 Å². The summed E-state index contributed by atoms with van der Waals surface area (Å²) >= 11 is 9.24. The van der Waals surface area contributed by atoms with Gasteiger partial charge >= 0.3 is 0 Å². The summed E-state index contributed by atoms with van der Waals surface area (Å²) in [6, 6.07) is 5.20. The summed E-state index contributed by atoms with van der Waals surface area (Å²) in [5.74, 6) is 0.549. The lowest BCUT2D eigenvalue weighted by atomic mass is 9.85. The van der Waals surface area contributed by atoms with Crippen molar-refractivity contribution >= 4 is 37.6 Å². The normalized spacial score (nSPS) is 12.4. The van der Waals surface area contributed by atoms with Gasteiger partial charge < -0.3 is 4.74 Å². The quantitative estimate of drug-likeness (QED) is 0.781. The zero-order valence-electron chi connectivity index (χ0n) is 11.5. The van der Waals surface area contributed by atoms with Gasteiger partial charge in [0.2, 0.25) is 10.0 Å². The van der Waals surface area contributed by atoms with Crippen LogP contribution in [0.25, 0.3) is 0 Å². The van der Waals surface area contributed by atoms with Gasteiger partial charge in [0.1, 0.15) is 5.75 Å². The van der Waals surface area contributed by atoms with Crippen LogP contribution < -0.4 is 9.88 Å². The lowest BCUT2D eigenvalue weighted by Crippen LogP contribution is -2.37. The molecule has 2 N–H and O–H groups in total. The largest absolute Gasteiger partial charge is 0.492 e. The van der Waals surface area contributed by atoms with E-state index in [1.165, 1.54) is 0 Å². The highest BCUT2D eigenvalue weighted by Crippen LogP contribution is 2.32. The van der Waals surface area contributed by atoms with Crippen molar-refractivity contribution in [1.82, 2.24) is 0 Å². The molecule has 0 heterocycles. The van der Waals surface area contributed by atoms with Crippen molar-refractivity contribution in [2.45, 2.75) is 26.7 Å². The number of sulfonamides is 1. The summed E-state index contributed by atoms with van der Waals surface area (Å²) in [6.07, 6.45) is 1.34. The molecule has 4 nitrogen and oxygen atoms in total. The minimum Gasteiger partial charge on any atom is -0.492 e. The fourth-order valence-corrected chi connectivity index (χ4v) is 4.09. The predicted molar refractivity (Wildman–Crippen MR) is 85.6 cm³/mol. The van der Waals surface area contributed by atoms with Crippen LogP contribution in [0.3, 0.4) is 0 Å². The fourth-order valence-electron chi connectivity index (χ4n) is 1.95. The smallest absolute Gasteiger partial charge is 0.209 e. The second-order valence-corrected chi connectivity index (χ2v) is 7.78. The third-order valence-corrected chi connectivity index (χ3v) is 5.30. The molecule has 0 bridgehead atoms. The summed E-state index contributed by atoms with van der Waals surface area (Å²) in [5, 5.41) is 5.78. The predicted octanol–water partition coefficient (Wildman–Crippen LogP) is 3.58. The van der Waals surface area contributed by atoms with Crippen molar-refractivity contribution < 1.29 is 13.2 Å². The molecular weight excluding hydrogens is 366 g/mol. The molecule has 1 aromatic rings. The third kappa shape index (κ3) is 5.24. The van der Waals surface area contributed by atoms with Crippen molar-refractivity contribution in [1.29, 1.82) is 0 Å². The Kier molecular flexibility index (Phi) is 6.31. The van der Waals surface area contributed by atoms with Crippen LogP contribution in [0.2, 0.25) is 5.02 Å². The average molecular weight is 385 g/mol. The minimum atomic E-state index is -3.54. The van der Waals surface area contributed by atoms with E-state index in [0.717, 1.165) is 4.47 Å². The van der Waals surface area contributed by atoms with E-state index < -0.39 is 15.4 Å². The highest BCUT2D eigenvalue weighted by molar-refractivity contribution is 9.10. The third-order valence-electron chi connectivity index (χ3n) is 3.44. The van der Waals surface area contributed by atoms with E-state index in [2.05, 4.69) is 15.9 Å². The lowest BCUT2D eigenvalue weighted by Gasteiger charge is -2.30. The topological polar surface area (TPSA) is 69.4 Å². The lowest BCUT2D eigenvalue weighted by molar-refractivity contribution is 0.153. The molecule has 114 valence electrons. The van der Waals surface area contributed by atoms with E-state index in [-0.39, 0.29) is 12.4 Å². The fraction of sp³-hybridized carbons (Fsp3) is 0.538. The van der Waals surface area contributed by atoms with Gasteiger partial charge in [0.15, 0.2) is 0 Å². The first-order valence-electron chi connectivity index (χ1n) is 6.29. The van der Waals surface area contributed by atoms with Gasteiger partial charge in [-0.1, -0.05) is 25.4 Å². The van der Waals surface area contributed by atoms with E-state index in [1.807, 2.05) is 13.8 Å². The van der Waals surface area contributed by atoms with Gasteiger partial charge in [0.05, 0.1) is 16.8 Å². The molecule has 0 fully saturated rings. The molecule has 0 saturated heterocycles. The Hall–Kier alpha value is -0.300. The minimum absolute atomic E-state index is 0.0851. The second-order valence-electron chi connectivity index (χ2n) is 4.88. The van der Waals surface area contributed by atoms with Gasteiger partial charge in [-0.05, 0) is 47.0 Å². The van der Waals surface area contributed by atoms with Crippen molar-refractivity contribution in [3.8, 4) is 5.75 Å². The first-order chi connectivity index (χ1) is 9.21. The maximum Gasteiger partial charge on any atom is 0.209 e. The maximum atomic E-state index is 11.4. The Morgan fingerprint density at radius 3 is 2.40 bits per heavy atom. The number of primary sulfonamides is 1. The monoisotopic (exact) mass is 383 g/mol. The van der Waals surface area contributed by atoms with Crippen LogP contribution in [0.15, 0.2) is 22.7 Å².